The Morgan fingerprint density at radius 3 is 0.956 bits per heavy atom. The molecule has 3 rings (SSSR count). The van der Waals surface area contributed by atoms with Gasteiger partial charge < -0.3 is 33.5 Å². The quantitative estimate of drug-likeness (QED) is 0.0514. The number of carboxylic acids is 1. The molecule has 11 heteroatoms. The molecule has 10 nitrogen and oxygen atoms in total. The Kier molecular flexibility index (Phi) is 47.3. The summed E-state index contributed by atoms with van der Waals surface area (Å²) in [7, 11) is -2.20. The average Bonchev–Trinajstić information content (AvgIpc) is 0.973. The second kappa shape index (κ2) is 52.7. The fourth-order valence-corrected chi connectivity index (χ4v) is 13.5. The molecule has 524 valence electrons. The summed E-state index contributed by atoms with van der Waals surface area (Å²) in [5.74, 6) is 0.431. The van der Waals surface area contributed by atoms with Crippen molar-refractivity contribution < 1.29 is 38.1 Å². The SMILES string of the molecule is CCCCCCCCCCCCCCCCCCOc1cc(C(=O)N2CCN(C(=O)c3ccc(C(=O)O)c(CO[Si](C)(C)C(C)(C)C)c3)CC2)cc(OCCCCCCCCCCCCCCCCCC)c1OCCCCCCCCCCCCCCCCCC. The smallest absolute Gasteiger partial charge is 0.336 e. The summed E-state index contributed by atoms with van der Waals surface area (Å²) >= 11 is 0. The van der Waals surface area contributed by atoms with Gasteiger partial charge in [-0.1, -0.05) is 330 Å². The summed E-state index contributed by atoms with van der Waals surface area (Å²) in [6, 6.07) is 8.58. The highest BCUT2D eigenvalue weighted by atomic mass is 28.4. The molecule has 1 aliphatic heterocycles. The van der Waals surface area contributed by atoms with Crippen LogP contribution in [0.4, 0.5) is 0 Å². The van der Waals surface area contributed by atoms with Gasteiger partial charge in [0, 0.05) is 37.3 Å². The van der Waals surface area contributed by atoms with Gasteiger partial charge in [-0.2, -0.15) is 0 Å². The first-order valence-corrected chi connectivity index (χ1v) is 41.8. The normalized spacial score (nSPS) is 12.9. The van der Waals surface area contributed by atoms with Crippen molar-refractivity contribution in [2.75, 3.05) is 46.0 Å². The van der Waals surface area contributed by atoms with Gasteiger partial charge in [-0.3, -0.25) is 9.59 Å². The van der Waals surface area contributed by atoms with Crippen molar-refractivity contribution in [2.45, 2.75) is 374 Å². The maximum absolute atomic E-state index is 14.7. The van der Waals surface area contributed by atoms with E-state index in [-0.39, 0.29) is 29.0 Å². The van der Waals surface area contributed by atoms with Crippen LogP contribution in [-0.2, 0) is 11.0 Å². The Morgan fingerprint density at radius 2 is 0.670 bits per heavy atom. The number of carboxylic acid groups (broad SMARTS) is 1. The van der Waals surface area contributed by atoms with Crippen LogP contribution in [0.3, 0.4) is 0 Å². The predicted octanol–water partition coefficient (Wildman–Crippen LogP) is 24.4. The van der Waals surface area contributed by atoms with Crippen LogP contribution >= 0.6 is 0 Å². The molecule has 0 aromatic heterocycles. The summed E-state index contributed by atoms with van der Waals surface area (Å²) in [5.41, 5.74) is 1.57. The summed E-state index contributed by atoms with van der Waals surface area (Å²) in [6.45, 7) is 20.8. The molecule has 0 aliphatic carbocycles. The molecule has 0 unspecified atom stereocenters. The largest absolute Gasteiger partial charge is 0.490 e. The maximum atomic E-state index is 14.7. The molecular weight excluding hydrogens is 1140 g/mol. The van der Waals surface area contributed by atoms with Crippen LogP contribution in [0.5, 0.6) is 17.2 Å². The summed E-state index contributed by atoms with van der Waals surface area (Å²) in [6.07, 6.45) is 63.0. The van der Waals surface area contributed by atoms with E-state index in [4.69, 9.17) is 18.6 Å². The van der Waals surface area contributed by atoms with Crippen LogP contribution in [0.15, 0.2) is 30.3 Å². The number of benzene rings is 2. The summed E-state index contributed by atoms with van der Waals surface area (Å²) < 4.78 is 26.6. The molecule has 91 heavy (non-hydrogen) atoms. The van der Waals surface area contributed by atoms with Crippen molar-refractivity contribution in [1.29, 1.82) is 0 Å². The zero-order valence-corrected chi connectivity index (χ0v) is 61.7. The molecule has 1 aliphatic rings. The maximum Gasteiger partial charge on any atom is 0.336 e. The van der Waals surface area contributed by atoms with E-state index in [0.29, 0.717) is 79.9 Å². The number of ether oxygens (including phenoxy) is 3. The lowest BCUT2D eigenvalue weighted by atomic mass is 10.0. The first-order valence-electron chi connectivity index (χ1n) is 38.9. The molecule has 2 aromatic carbocycles. The number of carbonyl (C=O) groups excluding carboxylic acids is 2. The second-order valence-electron chi connectivity index (χ2n) is 29.1. The molecule has 0 atom stereocenters. The minimum atomic E-state index is -2.20. The van der Waals surface area contributed by atoms with Gasteiger partial charge in [0.2, 0.25) is 5.75 Å². The Hall–Kier alpha value is -3.57. The Labute approximate surface area is 561 Å². The minimum absolute atomic E-state index is 0.0543. The van der Waals surface area contributed by atoms with Gasteiger partial charge in [-0.05, 0) is 73.3 Å². The molecule has 1 heterocycles. The zero-order chi connectivity index (χ0) is 65.9. The zero-order valence-electron chi connectivity index (χ0n) is 60.7. The number of aromatic carboxylic acids is 1. The average molecular weight is 1290 g/mol. The van der Waals surface area contributed by atoms with E-state index >= 15 is 0 Å². The highest BCUT2D eigenvalue weighted by Crippen LogP contribution is 2.41. The minimum Gasteiger partial charge on any atom is -0.490 e. The first kappa shape index (κ1) is 81.7. The van der Waals surface area contributed by atoms with E-state index < -0.39 is 14.3 Å². The van der Waals surface area contributed by atoms with Crippen molar-refractivity contribution in [3.63, 3.8) is 0 Å². The molecule has 1 N–H and O–H groups in total. The summed E-state index contributed by atoms with van der Waals surface area (Å²) in [4.78, 5) is 44.8. The van der Waals surface area contributed by atoms with Crippen LogP contribution in [-0.4, -0.2) is 87.0 Å². The molecule has 0 radical (unpaired) electrons. The van der Waals surface area contributed by atoms with Gasteiger partial charge in [0.05, 0.1) is 32.0 Å². The van der Waals surface area contributed by atoms with Crippen molar-refractivity contribution in [3.05, 3.63) is 52.6 Å². The molecular formula is C80H142N2O8Si. The molecule has 1 fully saturated rings. The van der Waals surface area contributed by atoms with E-state index in [1.807, 2.05) is 17.0 Å². The number of carbonyl (C=O) groups is 3. The van der Waals surface area contributed by atoms with Crippen molar-refractivity contribution in [3.8, 4) is 17.2 Å². The molecule has 1 saturated heterocycles. The lowest BCUT2D eigenvalue weighted by Gasteiger charge is -2.36. The van der Waals surface area contributed by atoms with Crippen LogP contribution in [0.2, 0.25) is 18.1 Å². The van der Waals surface area contributed by atoms with Crippen LogP contribution in [0.1, 0.15) is 386 Å². The standard InChI is InChI=1S/C80H142N2O8Si/c1-9-12-15-18-21-24-27-30-33-36-39-42-45-48-51-54-63-87-74-67-71(78(84)82-61-59-81(60-62-82)77(83)70-57-58-73(79(85)86)72(66-70)69-90-91(7,8)80(4,5)6)68-75(88-64-55-52-49-46-43-40-37-34-31-28-25-22-19-16-13-10-2)76(74)89-65-56-53-50-47-44-41-38-35-32-29-26-23-20-17-14-11-3/h57-58,66-68H,9-56,59-65,69H2,1-8H3,(H,85,86). The number of nitrogens with zero attached hydrogens (tertiary/aromatic N) is 2. The number of piperazine rings is 1. The van der Waals surface area contributed by atoms with Crippen LogP contribution < -0.4 is 14.2 Å². The fourth-order valence-electron chi connectivity index (χ4n) is 12.6. The van der Waals surface area contributed by atoms with Gasteiger partial charge in [0.15, 0.2) is 19.8 Å². The van der Waals surface area contributed by atoms with E-state index in [1.54, 1.807) is 17.0 Å². The first-order chi connectivity index (χ1) is 44.2. The Balaban J connectivity index is 1.68. The highest BCUT2D eigenvalue weighted by Gasteiger charge is 2.37. The van der Waals surface area contributed by atoms with E-state index in [2.05, 4.69) is 54.6 Å². The van der Waals surface area contributed by atoms with E-state index in [9.17, 15) is 19.5 Å². The van der Waals surface area contributed by atoms with Gasteiger partial charge in [-0.25, -0.2) is 4.79 Å². The van der Waals surface area contributed by atoms with Crippen LogP contribution in [0.25, 0.3) is 0 Å². The van der Waals surface area contributed by atoms with Gasteiger partial charge in [-0.15, -0.1) is 0 Å². The molecule has 2 amide bonds. The van der Waals surface area contributed by atoms with Crippen molar-refractivity contribution in [2.24, 2.45) is 0 Å². The third-order valence-corrected chi connectivity index (χ3v) is 24.3. The Morgan fingerprint density at radius 1 is 0.396 bits per heavy atom. The predicted molar refractivity (Wildman–Crippen MR) is 389 cm³/mol. The molecule has 0 spiro atoms. The van der Waals surface area contributed by atoms with Gasteiger partial charge >= 0.3 is 5.97 Å². The third-order valence-electron chi connectivity index (χ3n) is 19.9. The molecule has 0 saturated carbocycles. The fraction of sp³-hybridized carbons (Fsp3) is 0.812. The number of hydrogen-bond donors (Lipinski definition) is 1. The van der Waals surface area contributed by atoms with Crippen LogP contribution in [0, 0.1) is 0 Å². The second-order valence-corrected chi connectivity index (χ2v) is 33.9. The highest BCUT2D eigenvalue weighted by molar-refractivity contribution is 6.74. The topological polar surface area (TPSA) is 115 Å². The monoisotopic (exact) mass is 1290 g/mol. The number of rotatable bonds is 60. The number of amides is 2. The van der Waals surface area contributed by atoms with E-state index in [1.165, 1.54) is 276 Å². The van der Waals surface area contributed by atoms with Crippen molar-refractivity contribution >= 4 is 26.1 Å². The lowest BCUT2D eigenvalue weighted by molar-refractivity contribution is 0.0534. The summed E-state index contributed by atoms with van der Waals surface area (Å²) in [5, 5.41) is 10.0. The van der Waals surface area contributed by atoms with Gasteiger partial charge in [0.1, 0.15) is 0 Å². The van der Waals surface area contributed by atoms with Gasteiger partial charge in [0.25, 0.3) is 11.8 Å². The lowest BCUT2D eigenvalue weighted by Crippen LogP contribution is -2.50. The Bertz CT molecular complexity index is 2070. The van der Waals surface area contributed by atoms with Crippen molar-refractivity contribution in [1.82, 2.24) is 9.80 Å². The molecule has 2 aromatic rings. The molecule has 0 bridgehead atoms. The number of unbranched alkanes of at least 4 members (excludes halogenated alkanes) is 45. The number of hydrogen-bond acceptors (Lipinski definition) is 7. The van der Waals surface area contributed by atoms with E-state index in [0.717, 1.165) is 38.5 Å². The third kappa shape index (κ3) is 37.9.